The molecule has 1 aromatic rings. The van der Waals surface area contributed by atoms with Crippen molar-refractivity contribution >= 4 is 17.3 Å². The first-order valence-electron chi connectivity index (χ1n) is 7.43. The minimum Gasteiger partial charge on any atom is -0.360 e. The highest BCUT2D eigenvalue weighted by molar-refractivity contribution is 7.80. The van der Waals surface area contributed by atoms with Crippen LogP contribution >= 0.6 is 12.2 Å². The summed E-state index contributed by atoms with van der Waals surface area (Å²) < 4.78 is 0. The van der Waals surface area contributed by atoms with Crippen LogP contribution < -0.4 is 10.6 Å². The molecular formula is C16H24N2S. The Morgan fingerprint density at radius 1 is 1.00 bits per heavy atom. The minimum absolute atomic E-state index is 0.566. The SMILES string of the molecule is S=C(NCc1ccccc1)NC1CCCCCCC1. The van der Waals surface area contributed by atoms with Crippen LogP contribution in [0, 0.1) is 0 Å². The predicted molar refractivity (Wildman–Crippen MR) is 85.1 cm³/mol. The van der Waals surface area contributed by atoms with E-state index in [1.807, 2.05) is 6.07 Å². The molecule has 1 aliphatic carbocycles. The molecule has 3 heteroatoms. The van der Waals surface area contributed by atoms with Crippen LogP contribution in [0.15, 0.2) is 30.3 Å². The van der Waals surface area contributed by atoms with E-state index in [-0.39, 0.29) is 0 Å². The molecule has 0 aromatic heterocycles. The van der Waals surface area contributed by atoms with Gasteiger partial charge in [-0.3, -0.25) is 0 Å². The second kappa shape index (κ2) is 8.16. The first-order valence-corrected chi connectivity index (χ1v) is 7.84. The molecule has 0 unspecified atom stereocenters. The Labute approximate surface area is 122 Å². The summed E-state index contributed by atoms with van der Waals surface area (Å²) in [5.41, 5.74) is 1.27. The smallest absolute Gasteiger partial charge is 0.166 e. The third-order valence-corrected chi connectivity index (χ3v) is 4.00. The maximum absolute atomic E-state index is 5.39. The van der Waals surface area contributed by atoms with E-state index in [4.69, 9.17) is 12.2 Å². The van der Waals surface area contributed by atoms with Gasteiger partial charge in [0.25, 0.3) is 0 Å². The van der Waals surface area contributed by atoms with Crippen molar-refractivity contribution in [2.45, 2.75) is 57.5 Å². The summed E-state index contributed by atoms with van der Waals surface area (Å²) >= 11 is 5.39. The number of thiocarbonyl (C=S) groups is 1. The van der Waals surface area contributed by atoms with Crippen molar-refractivity contribution in [2.75, 3.05) is 0 Å². The van der Waals surface area contributed by atoms with Crippen LogP contribution in [0.1, 0.15) is 50.5 Å². The number of nitrogens with one attached hydrogen (secondary N) is 2. The van der Waals surface area contributed by atoms with Crippen LogP contribution in [0.4, 0.5) is 0 Å². The van der Waals surface area contributed by atoms with Gasteiger partial charge in [0.1, 0.15) is 0 Å². The van der Waals surface area contributed by atoms with Gasteiger partial charge in [-0.05, 0) is 30.6 Å². The van der Waals surface area contributed by atoms with E-state index in [0.717, 1.165) is 11.7 Å². The van der Waals surface area contributed by atoms with Gasteiger partial charge in [0.05, 0.1) is 0 Å². The van der Waals surface area contributed by atoms with Gasteiger partial charge in [0.2, 0.25) is 0 Å². The zero-order chi connectivity index (χ0) is 13.3. The highest BCUT2D eigenvalue weighted by Gasteiger charge is 2.11. The molecule has 0 atom stereocenters. The van der Waals surface area contributed by atoms with Gasteiger partial charge in [0.15, 0.2) is 5.11 Å². The summed E-state index contributed by atoms with van der Waals surface area (Å²) in [5, 5.41) is 7.58. The molecule has 1 aliphatic rings. The average molecular weight is 276 g/mol. The summed E-state index contributed by atoms with van der Waals surface area (Å²) in [5.74, 6) is 0. The topological polar surface area (TPSA) is 24.1 Å². The van der Waals surface area contributed by atoms with E-state index in [9.17, 15) is 0 Å². The zero-order valence-electron chi connectivity index (χ0n) is 11.5. The van der Waals surface area contributed by atoms with Gasteiger partial charge >= 0.3 is 0 Å². The summed E-state index contributed by atoms with van der Waals surface area (Å²) in [6.45, 7) is 0.805. The third-order valence-electron chi connectivity index (χ3n) is 3.74. The van der Waals surface area contributed by atoms with Crippen LogP contribution in [0.3, 0.4) is 0 Å². The summed E-state index contributed by atoms with van der Waals surface area (Å²) in [7, 11) is 0. The second-order valence-corrected chi connectivity index (χ2v) is 5.76. The third kappa shape index (κ3) is 5.60. The molecule has 0 bridgehead atoms. The Kier molecular flexibility index (Phi) is 6.15. The zero-order valence-corrected chi connectivity index (χ0v) is 12.3. The maximum atomic E-state index is 5.39. The second-order valence-electron chi connectivity index (χ2n) is 5.35. The normalized spacial score (nSPS) is 17.3. The lowest BCUT2D eigenvalue weighted by molar-refractivity contribution is 0.427. The van der Waals surface area contributed by atoms with Crippen LogP contribution in [-0.4, -0.2) is 11.2 Å². The molecule has 0 radical (unpaired) electrons. The van der Waals surface area contributed by atoms with Crippen LogP contribution in [0.5, 0.6) is 0 Å². The van der Waals surface area contributed by atoms with Gasteiger partial charge in [-0.1, -0.05) is 62.4 Å². The molecule has 0 heterocycles. The molecule has 2 N–H and O–H groups in total. The monoisotopic (exact) mass is 276 g/mol. The molecule has 1 aromatic carbocycles. The number of hydrogen-bond acceptors (Lipinski definition) is 1. The number of rotatable bonds is 3. The van der Waals surface area contributed by atoms with Crippen molar-refractivity contribution in [3.8, 4) is 0 Å². The van der Waals surface area contributed by atoms with E-state index in [2.05, 4.69) is 34.9 Å². The molecule has 1 fully saturated rings. The molecule has 19 heavy (non-hydrogen) atoms. The Balaban J connectivity index is 1.71. The van der Waals surface area contributed by atoms with Gasteiger partial charge in [-0.25, -0.2) is 0 Å². The van der Waals surface area contributed by atoms with E-state index in [0.29, 0.717) is 6.04 Å². The van der Waals surface area contributed by atoms with Crippen LogP contribution in [0.25, 0.3) is 0 Å². The van der Waals surface area contributed by atoms with Crippen molar-refractivity contribution in [3.05, 3.63) is 35.9 Å². The standard InChI is InChI=1S/C16H24N2S/c19-16(17-13-14-9-5-4-6-10-14)18-15-11-7-2-1-3-8-12-15/h4-6,9-10,15H,1-3,7-8,11-13H2,(H2,17,18,19). The highest BCUT2D eigenvalue weighted by atomic mass is 32.1. The largest absolute Gasteiger partial charge is 0.360 e. The molecule has 0 saturated heterocycles. The molecule has 0 aliphatic heterocycles. The van der Waals surface area contributed by atoms with Gasteiger partial charge in [0, 0.05) is 12.6 Å². The lowest BCUT2D eigenvalue weighted by Crippen LogP contribution is -2.41. The molecular weight excluding hydrogens is 252 g/mol. The van der Waals surface area contributed by atoms with Crippen molar-refractivity contribution in [2.24, 2.45) is 0 Å². The fraction of sp³-hybridized carbons (Fsp3) is 0.562. The molecule has 1 saturated carbocycles. The molecule has 104 valence electrons. The van der Waals surface area contributed by atoms with Crippen molar-refractivity contribution in [1.29, 1.82) is 0 Å². The fourth-order valence-corrected chi connectivity index (χ4v) is 2.85. The lowest BCUT2D eigenvalue weighted by atomic mass is 9.97. The number of hydrogen-bond donors (Lipinski definition) is 2. The van der Waals surface area contributed by atoms with E-state index < -0.39 is 0 Å². The fourth-order valence-electron chi connectivity index (χ4n) is 2.62. The molecule has 2 nitrogen and oxygen atoms in total. The average Bonchev–Trinajstić information content (AvgIpc) is 2.41. The lowest BCUT2D eigenvalue weighted by Gasteiger charge is -2.22. The quantitative estimate of drug-likeness (QED) is 0.822. The van der Waals surface area contributed by atoms with Gasteiger partial charge in [-0.15, -0.1) is 0 Å². The highest BCUT2D eigenvalue weighted by Crippen LogP contribution is 2.16. The van der Waals surface area contributed by atoms with Gasteiger partial charge < -0.3 is 10.6 Å². The van der Waals surface area contributed by atoms with E-state index >= 15 is 0 Å². The summed E-state index contributed by atoms with van der Waals surface area (Å²) in [6.07, 6.45) is 9.34. The molecule has 0 amide bonds. The minimum atomic E-state index is 0.566. The molecule has 2 rings (SSSR count). The Morgan fingerprint density at radius 3 is 2.32 bits per heavy atom. The van der Waals surface area contributed by atoms with Crippen molar-refractivity contribution in [3.63, 3.8) is 0 Å². The Hall–Kier alpha value is -1.09. The van der Waals surface area contributed by atoms with Crippen LogP contribution in [-0.2, 0) is 6.54 Å². The van der Waals surface area contributed by atoms with Crippen LogP contribution in [0.2, 0.25) is 0 Å². The Morgan fingerprint density at radius 2 is 1.63 bits per heavy atom. The summed E-state index contributed by atoms with van der Waals surface area (Å²) in [4.78, 5) is 0. The van der Waals surface area contributed by atoms with Crippen molar-refractivity contribution < 1.29 is 0 Å². The first-order chi connectivity index (χ1) is 9.34. The number of benzene rings is 1. The first kappa shape index (κ1) is 14.3. The van der Waals surface area contributed by atoms with E-state index in [1.165, 1.54) is 50.5 Å². The van der Waals surface area contributed by atoms with E-state index in [1.54, 1.807) is 0 Å². The summed E-state index contributed by atoms with van der Waals surface area (Å²) in [6, 6.07) is 11.0. The van der Waals surface area contributed by atoms with Gasteiger partial charge in [-0.2, -0.15) is 0 Å². The van der Waals surface area contributed by atoms with Crippen molar-refractivity contribution in [1.82, 2.24) is 10.6 Å². The maximum Gasteiger partial charge on any atom is 0.166 e. The Bertz CT molecular complexity index is 370. The molecule has 0 spiro atoms. The predicted octanol–water partition coefficient (Wildman–Crippen LogP) is 3.76.